The lowest BCUT2D eigenvalue weighted by Crippen LogP contribution is -1.96. The van der Waals surface area contributed by atoms with Gasteiger partial charge in [0.05, 0.1) is 14.2 Å². The zero-order valence-electron chi connectivity index (χ0n) is 16.8. The molecule has 3 aromatic carbocycles. The summed E-state index contributed by atoms with van der Waals surface area (Å²) in [5.74, 6) is 0.208. The van der Waals surface area contributed by atoms with E-state index in [0.29, 0.717) is 10.7 Å². The first-order chi connectivity index (χ1) is 15.1. The summed E-state index contributed by atoms with van der Waals surface area (Å²) in [4.78, 5) is 0.272. The molecule has 1 aromatic heterocycles. The summed E-state index contributed by atoms with van der Waals surface area (Å²) >= 11 is 1.09. The summed E-state index contributed by atoms with van der Waals surface area (Å²) in [6, 6.07) is 20.4. The van der Waals surface area contributed by atoms with Crippen LogP contribution in [0.15, 0.2) is 82.7 Å². The molecule has 4 nitrogen and oxygen atoms in total. The van der Waals surface area contributed by atoms with E-state index in [1.54, 1.807) is 14.2 Å². The highest BCUT2D eigenvalue weighted by Crippen LogP contribution is 2.36. The minimum atomic E-state index is -0.642. The minimum absolute atomic E-state index is 0.272. The van der Waals surface area contributed by atoms with E-state index in [2.05, 4.69) is 10.2 Å². The molecule has 0 atom stereocenters. The van der Waals surface area contributed by atoms with Gasteiger partial charge in [-0.2, -0.15) is 0 Å². The molecule has 0 saturated heterocycles. The Kier molecular flexibility index (Phi) is 6.13. The highest BCUT2D eigenvalue weighted by atomic mass is 32.2. The van der Waals surface area contributed by atoms with Crippen molar-refractivity contribution in [2.75, 3.05) is 14.2 Å². The van der Waals surface area contributed by atoms with Gasteiger partial charge in [-0.15, -0.1) is 10.2 Å². The lowest BCUT2D eigenvalue weighted by molar-refractivity contribution is 0.414. The highest BCUT2D eigenvalue weighted by Gasteiger charge is 2.14. The van der Waals surface area contributed by atoms with Crippen molar-refractivity contribution in [2.24, 2.45) is 0 Å². The minimum Gasteiger partial charge on any atom is -0.497 e. The molecular formula is C24H18F2N2O2S. The van der Waals surface area contributed by atoms with Crippen molar-refractivity contribution in [3.8, 4) is 33.9 Å². The summed E-state index contributed by atoms with van der Waals surface area (Å²) in [7, 11) is 3.22. The van der Waals surface area contributed by atoms with Crippen LogP contribution in [-0.4, -0.2) is 24.4 Å². The Morgan fingerprint density at radius 1 is 0.710 bits per heavy atom. The molecule has 7 heteroatoms. The molecule has 0 aliphatic carbocycles. The topological polar surface area (TPSA) is 44.2 Å². The predicted molar refractivity (Wildman–Crippen MR) is 116 cm³/mol. The van der Waals surface area contributed by atoms with Crippen LogP contribution in [0.2, 0.25) is 0 Å². The molecule has 31 heavy (non-hydrogen) atoms. The van der Waals surface area contributed by atoms with Gasteiger partial charge >= 0.3 is 0 Å². The van der Waals surface area contributed by atoms with Crippen LogP contribution in [0, 0.1) is 11.6 Å². The maximum Gasteiger partial charge on any atom is 0.140 e. The Morgan fingerprint density at radius 3 is 1.90 bits per heavy atom. The molecule has 1 heterocycles. The molecule has 0 amide bonds. The first-order valence-corrected chi connectivity index (χ1v) is 10.2. The van der Waals surface area contributed by atoms with Crippen molar-refractivity contribution >= 4 is 11.8 Å². The Morgan fingerprint density at radius 2 is 1.32 bits per heavy atom. The van der Waals surface area contributed by atoms with Crippen LogP contribution in [0.4, 0.5) is 8.78 Å². The van der Waals surface area contributed by atoms with Gasteiger partial charge in [0.15, 0.2) is 0 Å². The highest BCUT2D eigenvalue weighted by molar-refractivity contribution is 7.99. The quantitative estimate of drug-likeness (QED) is 0.357. The number of rotatable bonds is 6. The van der Waals surface area contributed by atoms with E-state index >= 15 is 0 Å². The second kappa shape index (κ2) is 9.14. The fraction of sp³-hybridized carbons (Fsp3) is 0.0833. The number of halogens is 2. The zero-order chi connectivity index (χ0) is 21.8. The van der Waals surface area contributed by atoms with Crippen LogP contribution in [0.3, 0.4) is 0 Å². The van der Waals surface area contributed by atoms with Gasteiger partial charge in [0.2, 0.25) is 0 Å². The van der Waals surface area contributed by atoms with E-state index in [-0.39, 0.29) is 4.90 Å². The van der Waals surface area contributed by atoms with Crippen molar-refractivity contribution in [1.29, 1.82) is 0 Å². The third-order valence-electron chi connectivity index (χ3n) is 4.64. The van der Waals surface area contributed by atoms with Crippen LogP contribution in [-0.2, 0) is 0 Å². The molecule has 4 rings (SSSR count). The van der Waals surface area contributed by atoms with E-state index < -0.39 is 11.6 Å². The maximum absolute atomic E-state index is 14.1. The normalized spacial score (nSPS) is 10.7. The van der Waals surface area contributed by atoms with Crippen LogP contribution in [0.1, 0.15) is 0 Å². The summed E-state index contributed by atoms with van der Waals surface area (Å²) in [6.45, 7) is 0. The molecule has 0 N–H and O–H groups in total. The average Bonchev–Trinajstić information content (AvgIpc) is 2.81. The standard InChI is InChI=1S/C24H18F2N2O2S/c1-29-18-8-3-15(4-9-18)20-14-23(31-22-12-7-17(25)13-21(22)26)27-28-24(20)16-5-10-19(30-2)11-6-16/h3-14H,1-2H3. The average molecular weight is 436 g/mol. The molecule has 0 unspecified atom stereocenters. The predicted octanol–water partition coefficient (Wildman–Crippen LogP) is 6.26. The molecule has 156 valence electrons. The monoisotopic (exact) mass is 436 g/mol. The number of hydrogen-bond donors (Lipinski definition) is 0. The first kappa shape index (κ1) is 20.8. The second-order valence-corrected chi connectivity index (χ2v) is 7.64. The fourth-order valence-electron chi connectivity index (χ4n) is 3.05. The van der Waals surface area contributed by atoms with Crippen LogP contribution >= 0.6 is 11.8 Å². The van der Waals surface area contributed by atoms with Crippen molar-refractivity contribution in [2.45, 2.75) is 9.92 Å². The molecule has 0 bridgehead atoms. The first-order valence-electron chi connectivity index (χ1n) is 9.37. The molecular weight excluding hydrogens is 418 g/mol. The van der Waals surface area contributed by atoms with Gasteiger partial charge in [-0.05, 0) is 60.2 Å². The van der Waals surface area contributed by atoms with E-state index in [1.807, 2.05) is 54.6 Å². The van der Waals surface area contributed by atoms with Gasteiger partial charge in [0.1, 0.15) is 33.9 Å². The largest absolute Gasteiger partial charge is 0.497 e. The van der Waals surface area contributed by atoms with Gasteiger partial charge in [-0.3, -0.25) is 0 Å². The lowest BCUT2D eigenvalue weighted by atomic mass is 10.00. The molecule has 0 radical (unpaired) electrons. The van der Waals surface area contributed by atoms with Crippen LogP contribution in [0.5, 0.6) is 11.5 Å². The third-order valence-corrected chi connectivity index (χ3v) is 5.60. The Bertz CT molecular complexity index is 1200. The number of nitrogens with zero attached hydrogens (tertiary/aromatic N) is 2. The molecule has 4 aromatic rings. The van der Waals surface area contributed by atoms with Crippen molar-refractivity contribution < 1.29 is 18.3 Å². The molecule has 0 spiro atoms. The fourth-order valence-corrected chi connectivity index (χ4v) is 3.82. The zero-order valence-corrected chi connectivity index (χ0v) is 17.6. The number of hydrogen-bond acceptors (Lipinski definition) is 5. The third kappa shape index (κ3) is 4.67. The van der Waals surface area contributed by atoms with Gasteiger partial charge < -0.3 is 9.47 Å². The number of aromatic nitrogens is 2. The van der Waals surface area contributed by atoms with E-state index in [1.165, 1.54) is 12.1 Å². The van der Waals surface area contributed by atoms with Crippen molar-refractivity contribution in [1.82, 2.24) is 10.2 Å². The lowest BCUT2D eigenvalue weighted by Gasteiger charge is -2.12. The van der Waals surface area contributed by atoms with Crippen molar-refractivity contribution in [3.63, 3.8) is 0 Å². The SMILES string of the molecule is COc1ccc(-c2cc(Sc3ccc(F)cc3F)nnc2-c2ccc(OC)cc2)cc1. The van der Waals surface area contributed by atoms with Crippen LogP contribution < -0.4 is 9.47 Å². The summed E-state index contributed by atoms with van der Waals surface area (Å²) in [5, 5.41) is 9.19. The number of methoxy groups -OCH3 is 2. The Hall–Kier alpha value is -3.45. The molecule has 0 aliphatic heterocycles. The molecule has 0 saturated carbocycles. The Balaban J connectivity index is 1.78. The van der Waals surface area contributed by atoms with Gasteiger partial charge in [0, 0.05) is 22.1 Å². The Labute approximate surface area is 182 Å². The van der Waals surface area contributed by atoms with E-state index in [9.17, 15) is 8.78 Å². The van der Waals surface area contributed by atoms with Crippen molar-refractivity contribution in [3.05, 3.63) is 84.4 Å². The number of ether oxygens (including phenoxy) is 2. The van der Waals surface area contributed by atoms with Gasteiger partial charge in [-0.25, -0.2) is 8.78 Å². The van der Waals surface area contributed by atoms with E-state index in [4.69, 9.17) is 9.47 Å². The van der Waals surface area contributed by atoms with Gasteiger partial charge in [0.25, 0.3) is 0 Å². The summed E-state index contributed by atoms with van der Waals surface area (Å²) in [6.07, 6.45) is 0. The smallest absolute Gasteiger partial charge is 0.140 e. The molecule has 0 aliphatic rings. The summed E-state index contributed by atoms with van der Waals surface area (Å²) in [5.41, 5.74) is 3.27. The number of benzene rings is 3. The maximum atomic E-state index is 14.1. The van der Waals surface area contributed by atoms with Gasteiger partial charge in [-0.1, -0.05) is 23.9 Å². The summed E-state index contributed by atoms with van der Waals surface area (Å²) < 4.78 is 37.8. The van der Waals surface area contributed by atoms with Crippen LogP contribution in [0.25, 0.3) is 22.4 Å². The molecule has 0 fully saturated rings. The second-order valence-electron chi connectivity index (χ2n) is 6.58. The van der Waals surface area contributed by atoms with E-state index in [0.717, 1.165) is 46.0 Å².